The van der Waals surface area contributed by atoms with E-state index in [-0.39, 0.29) is 11.9 Å². The summed E-state index contributed by atoms with van der Waals surface area (Å²) in [7, 11) is 0. The van der Waals surface area contributed by atoms with Crippen LogP contribution in [0.2, 0.25) is 5.02 Å². The summed E-state index contributed by atoms with van der Waals surface area (Å²) in [4.78, 5) is 1.37. The van der Waals surface area contributed by atoms with Gasteiger partial charge in [0.15, 0.2) is 11.0 Å². The number of halogens is 2. The third-order valence-corrected chi connectivity index (χ3v) is 6.30. The highest BCUT2D eigenvalue weighted by Crippen LogP contribution is 2.33. The molecule has 0 N–H and O–H groups in total. The van der Waals surface area contributed by atoms with Crippen molar-refractivity contribution in [2.45, 2.75) is 50.6 Å². The highest BCUT2D eigenvalue weighted by atomic mass is 35.5. The van der Waals surface area contributed by atoms with Gasteiger partial charge < -0.3 is 0 Å². The van der Waals surface area contributed by atoms with Gasteiger partial charge in [-0.25, -0.2) is 4.39 Å². The van der Waals surface area contributed by atoms with Crippen LogP contribution in [0.25, 0.3) is 11.4 Å². The van der Waals surface area contributed by atoms with Crippen LogP contribution in [0.5, 0.6) is 0 Å². The van der Waals surface area contributed by atoms with Crippen molar-refractivity contribution < 1.29 is 4.39 Å². The van der Waals surface area contributed by atoms with Crippen LogP contribution in [-0.4, -0.2) is 14.8 Å². The monoisotopic (exact) mass is 409 g/mol. The Labute approximate surface area is 166 Å². The summed E-state index contributed by atoms with van der Waals surface area (Å²) in [5, 5.41) is 12.3. The second-order valence-corrected chi connectivity index (χ2v) is 8.69. The Kier molecular flexibility index (Phi) is 6.37. The molecule has 0 bridgehead atoms. The molecule has 0 radical (unpaired) electrons. The third-order valence-electron chi connectivity index (χ3n) is 3.96. The molecule has 3 nitrogen and oxygen atoms in total. The predicted molar refractivity (Wildman–Crippen MR) is 109 cm³/mol. The molecule has 1 aromatic carbocycles. The Morgan fingerprint density at radius 3 is 2.77 bits per heavy atom. The fraction of sp³-hybridized carbons (Fsp3) is 0.368. The largest absolute Gasteiger partial charge is 0.299 e. The smallest absolute Gasteiger partial charge is 0.192 e. The summed E-state index contributed by atoms with van der Waals surface area (Å²) in [6.07, 6.45) is 2.22. The molecular formula is C19H21ClFN3S2. The van der Waals surface area contributed by atoms with Gasteiger partial charge in [-0.15, -0.1) is 21.5 Å². The van der Waals surface area contributed by atoms with Crippen LogP contribution in [0.1, 0.15) is 43.7 Å². The summed E-state index contributed by atoms with van der Waals surface area (Å²) in [6.45, 7) is 6.44. The summed E-state index contributed by atoms with van der Waals surface area (Å²) in [6, 6.07) is 6.94. The zero-order chi connectivity index (χ0) is 18.7. The maximum absolute atomic E-state index is 13.2. The maximum Gasteiger partial charge on any atom is 0.192 e. The Morgan fingerprint density at radius 1 is 1.27 bits per heavy atom. The van der Waals surface area contributed by atoms with Gasteiger partial charge in [0.1, 0.15) is 5.82 Å². The van der Waals surface area contributed by atoms with Crippen LogP contribution in [0, 0.1) is 5.82 Å². The number of nitrogens with zero attached hydrogens (tertiary/aromatic N) is 3. The molecule has 2 heterocycles. The minimum Gasteiger partial charge on any atom is -0.299 e. The van der Waals surface area contributed by atoms with Gasteiger partial charge in [0.25, 0.3) is 0 Å². The molecule has 2 aromatic heterocycles. The molecule has 0 unspecified atom stereocenters. The van der Waals surface area contributed by atoms with Gasteiger partial charge in [-0.05, 0) is 44.0 Å². The Hall–Kier alpha value is -1.37. The molecule has 0 saturated carbocycles. The summed E-state index contributed by atoms with van der Waals surface area (Å²) >= 11 is 9.48. The molecule has 0 aliphatic rings. The first-order chi connectivity index (χ1) is 12.5. The fourth-order valence-corrected chi connectivity index (χ4v) is 5.05. The number of thiophene rings is 1. The number of hydrogen-bond donors (Lipinski definition) is 0. The average Bonchev–Trinajstić information content (AvgIpc) is 3.21. The van der Waals surface area contributed by atoms with E-state index >= 15 is 0 Å². The van der Waals surface area contributed by atoms with Crippen molar-refractivity contribution in [1.82, 2.24) is 14.8 Å². The topological polar surface area (TPSA) is 30.7 Å². The number of thioether (sulfide) groups is 1. The normalized spacial score (nSPS) is 11.5. The van der Waals surface area contributed by atoms with E-state index in [0.29, 0.717) is 10.8 Å². The van der Waals surface area contributed by atoms with Crippen molar-refractivity contribution in [3.05, 3.63) is 50.9 Å². The lowest BCUT2D eigenvalue weighted by atomic mass is 10.2. The summed E-state index contributed by atoms with van der Waals surface area (Å²) < 4.78 is 15.4. The Balaban J connectivity index is 1.84. The quantitative estimate of drug-likeness (QED) is 0.410. The van der Waals surface area contributed by atoms with Crippen molar-refractivity contribution >= 4 is 34.7 Å². The standard InChI is InChI=1S/C19H21ClFN3S2/c1-4-5-16-8-14(11-25-16)18-22-23-19(24(18)12(2)3)26-10-13-6-7-15(21)9-17(13)20/h6-9,11-12H,4-5,10H2,1-3H3. The second-order valence-electron chi connectivity index (χ2n) is 6.35. The molecule has 0 spiro atoms. The first-order valence-electron chi connectivity index (χ1n) is 8.59. The lowest BCUT2D eigenvalue weighted by Crippen LogP contribution is -2.04. The van der Waals surface area contributed by atoms with Crippen LogP contribution in [0.4, 0.5) is 4.39 Å². The number of rotatable bonds is 7. The van der Waals surface area contributed by atoms with Crippen molar-refractivity contribution in [2.75, 3.05) is 0 Å². The molecule has 26 heavy (non-hydrogen) atoms. The molecule has 0 amide bonds. The van der Waals surface area contributed by atoms with Gasteiger partial charge in [0, 0.05) is 32.6 Å². The molecular weight excluding hydrogens is 389 g/mol. The third kappa shape index (κ3) is 4.30. The predicted octanol–water partition coefficient (Wildman–Crippen LogP) is 6.62. The maximum atomic E-state index is 13.2. The molecule has 0 atom stereocenters. The highest BCUT2D eigenvalue weighted by Gasteiger charge is 2.18. The zero-order valence-corrected chi connectivity index (χ0v) is 17.4. The van der Waals surface area contributed by atoms with E-state index in [1.165, 1.54) is 17.0 Å². The lowest BCUT2D eigenvalue weighted by Gasteiger charge is -2.13. The van der Waals surface area contributed by atoms with Crippen LogP contribution >= 0.6 is 34.7 Å². The van der Waals surface area contributed by atoms with E-state index < -0.39 is 0 Å². The van der Waals surface area contributed by atoms with Crippen molar-refractivity contribution in [2.24, 2.45) is 0 Å². The van der Waals surface area contributed by atoms with Crippen molar-refractivity contribution in [3.8, 4) is 11.4 Å². The molecule has 138 valence electrons. The van der Waals surface area contributed by atoms with Gasteiger partial charge in [0.2, 0.25) is 0 Å². The van der Waals surface area contributed by atoms with Gasteiger partial charge in [-0.3, -0.25) is 4.57 Å². The van der Waals surface area contributed by atoms with Gasteiger partial charge >= 0.3 is 0 Å². The first-order valence-corrected chi connectivity index (χ1v) is 10.8. The van der Waals surface area contributed by atoms with E-state index in [9.17, 15) is 4.39 Å². The van der Waals surface area contributed by atoms with E-state index in [1.54, 1.807) is 29.2 Å². The SMILES string of the molecule is CCCc1cc(-c2nnc(SCc3ccc(F)cc3Cl)n2C(C)C)cs1. The zero-order valence-electron chi connectivity index (χ0n) is 15.0. The Bertz CT molecular complexity index is 889. The molecule has 0 aliphatic heterocycles. The highest BCUT2D eigenvalue weighted by molar-refractivity contribution is 7.98. The van der Waals surface area contributed by atoms with E-state index in [1.807, 2.05) is 0 Å². The lowest BCUT2D eigenvalue weighted by molar-refractivity contribution is 0.555. The molecule has 0 aliphatic carbocycles. The molecule has 3 rings (SSSR count). The number of aromatic nitrogens is 3. The van der Waals surface area contributed by atoms with Crippen molar-refractivity contribution in [1.29, 1.82) is 0 Å². The van der Waals surface area contributed by atoms with Crippen LogP contribution in [0.3, 0.4) is 0 Å². The van der Waals surface area contributed by atoms with E-state index in [0.717, 1.165) is 34.9 Å². The van der Waals surface area contributed by atoms with Gasteiger partial charge in [-0.2, -0.15) is 0 Å². The fourth-order valence-electron chi connectivity index (χ4n) is 2.69. The first kappa shape index (κ1) is 19.4. The number of hydrogen-bond acceptors (Lipinski definition) is 4. The van der Waals surface area contributed by atoms with Gasteiger partial charge in [-0.1, -0.05) is 42.8 Å². The van der Waals surface area contributed by atoms with E-state index in [2.05, 4.69) is 47.0 Å². The van der Waals surface area contributed by atoms with E-state index in [4.69, 9.17) is 11.6 Å². The summed E-state index contributed by atoms with van der Waals surface area (Å²) in [5.74, 6) is 1.19. The average molecular weight is 410 g/mol. The molecule has 7 heteroatoms. The van der Waals surface area contributed by atoms with Gasteiger partial charge in [0.05, 0.1) is 0 Å². The van der Waals surface area contributed by atoms with Crippen LogP contribution in [0.15, 0.2) is 34.8 Å². The van der Waals surface area contributed by atoms with Crippen LogP contribution in [-0.2, 0) is 12.2 Å². The molecule has 0 saturated heterocycles. The minimum absolute atomic E-state index is 0.237. The van der Waals surface area contributed by atoms with Crippen molar-refractivity contribution in [3.63, 3.8) is 0 Å². The minimum atomic E-state index is -0.322. The summed E-state index contributed by atoms with van der Waals surface area (Å²) in [5.41, 5.74) is 2.00. The Morgan fingerprint density at radius 2 is 2.08 bits per heavy atom. The number of benzene rings is 1. The second kappa shape index (κ2) is 8.55. The number of aryl methyl sites for hydroxylation is 1. The van der Waals surface area contributed by atoms with Crippen LogP contribution < -0.4 is 0 Å². The molecule has 3 aromatic rings. The molecule has 0 fully saturated rings.